The summed E-state index contributed by atoms with van der Waals surface area (Å²) in [5, 5.41) is 0. The monoisotopic (exact) mass is 312 g/mol. The fraction of sp³-hybridized carbons (Fsp3) is 0.444. The Bertz CT molecular complexity index is 685. The smallest absolute Gasteiger partial charge is 0.255 e. The van der Waals surface area contributed by atoms with Crippen molar-refractivity contribution in [2.75, 3.05) is 13.1 Å². The van der Waals surface area contributed by atoms with Crippen LogP contribution in [0.1, 0.15) is 40.3 Å². The number of aromatic nitrogens is 2. The number of piperidine rings is 1. The zero-order chi connectivity index (χ0) is 16.4. The molecule has 1 aliphatic heterocycles. The normalized spacial score (nSPS) is 15.9. The summed E-state index contributed by atoms with van der Waals surface area (Å²) in [5.74, 6) is 0.122. The SMILES string of the molecule is Cc1cc(C(=O)N2CCC(N)CC2)c(C)n1Cc1ccccn1. The van der Waals surface area contributed by atoms with Crippen molar-refractivity contribution in [1.82, 2.24) is 14.5 Å². The zero-order valence-electron chi connectivity index (χ0n) is 13.8. The first kappa shape index (κ1) is 15.7. The van der Waals surface area contributed by atoms with Gasteiger partial charge in [-0.15, -0.1) is 0 Å². The number of aryl methyl sites for hydroxylation is 1. The van der Waals surface area contributed by atoms with Crippen LogP contribution in [-0.2, 0) is 6.54 Å². The van der Waals surface area contributed by atoms with Crippen molar-refractivity contribution >= 4 is 5.91 Å². The van der Waals surface area contributed by atoms with Gasteiger partial charge in [-0.1, -0.05) is 6.07 Å². The third-order valence-corrected chi connectivity index (χ3v) is 4.68. The highest BCUT2D eigenvalue weighted by molar-refractivity contribution is 5.95. The molecule has 2 N–H and O–H groups in total. The molecule has 0 aliphatic carbocycles. The molecule has 5 nitrogen and oxygen atoms in total. The van der Waals surface area contributed by atoms with E-state index in [2.05, 4.69) is 9.55 Å². The number of nitrogens with zero attached hydrogens (tertiary/aromatic N) is 3. The van der Waals surface area contributed by atoms with Gasteiger partial charge in [0.05, 0.1) is 17.8 Å². The molecule has 0 unspecified atom stereocenters. The molecule has 3 rings (SSSR count). The molecule has 0 aromatic carbocycles. The molecule has 0 radical (unpaired) electrons. The molecule has 2 aromatic heterocycles. The highest BCUT2D eigenvalue weighted by Crippen LogP contribution is 2.20. The number of amides is 1. The molecule has 1 saturated heterocycles. The first-order valence-corrected chi connectivity index (χ1v) is 8.17. The summed E-state index contributed by atoms with van der Waals surface area (Å²) in [6.07, 6.45) is 3.57. The van der Waals surface area contributed by atoms with E-state index < -0.39 is 0 Å². The molecule has 3 heterocycles. The van der Waals surface area contributed by atoms with Gasteiger partial charge < -0.3 is 15.2 Å². The maximum Gasteiger partial charge on any atom is 0.255 e. The number of carbonyl (C=O) groups is 1. The lowest BCUT2D eigenvalue weighted by Crippen LogP contribution is -2.43. The zero-order valence-corrected chi connectivity index (χ0v) is 13.8. The van der Waals surface area contributed by atoms with E-state index >= 15 is 0 Å². The largest absolute Gasteiger partial charge is 0.342 e. The van der Waals surface area contributed by atoms with Crippen LogP contribution in [0.4, 0.5) is 0 Å². The maximum absolute atomic E-state index is 12.8. The van der Waals surface area contributed by atoms with Crippen molar-refractivity contribution in [1.29, 1.82) is 0 Å². The lowest BCUT2D eigenvalue weighted by atomic mass is 10.1. The Labute approximate surface area is 137 Å². The van der Waals surface area contributed by atoms with E-state index in [9.17, 15) is 4.79 Å². The lowest BCUT2D eigenvalue weighted by molar-refractivity contribution is 0.0714. The second-order valence-corrected chi connectivity index (χ2v) is 6.32. The molecule has 122 valence electrons. The first-order valence-electron chi connectivity index (χ1n) is 8.17. The van der Waals surface area contributed by atoms with Gasteiger partial charge in [0.15, 0.2) is 0 Å². The van der Waals surface area contributed by atoms with Gasteiger partial charge in [0.2, 0.25) is 0 Å². The molecule has 1 fully saturated rings. The van der Waals surface area contributed by atoms with Crippen molar-refractivity contribution in [3.63, 3.8) is 0 Å². The van der Waals surface area contributed by atoms with E-state index in [1.54, 1.807) is 6.20 Å². The molecule has 5 heteroatoms. The van der Waals surface area contributed by atoms with Crippen molar-refractivity contribution in [3.8, 4) is 0 Å². The fourth-order valence-electron chi connectivity index (χ4n) is 3.19. The quantitative estimate of drug-likeness (QED) is 0.944. The Balaban J connectivity index is 1.81. The van der Waals surface area contributed by atoms with Crippen LogP contribution in [-0.4, -0.2) is 39.5 Å². The Morgan fingerprint density at radius 2 is 2.04 bits per heavy atom. The van der Waals surface area contributed by atoms with Crippen LogP contribution in [0.15, 0.2) is 30.5 Å². The Kier molecular flexibility index (Phi) is 4.48. The van der Waals surface area contributed by atoms with Gasteiger partial charge >= 0.3 is 0 Å². The molecule has 23 heavy (non-hydrogen) atoms. The second-order valence-electron chi connectivity index (χ2n) is 6.32. The number of likely N-dealkylation sites (tertiary alicyclic amines) is 1. The lowest BCUT2D eigenvalue weighted by Gasteiger charge is -2.30. The van der Waals surface area contributed by atoms with Crippen molar-refractivity contribution in [2.24, 2.45) is 5.73 Å². The van der Waals surface area contributed by atoms with Crippen LogP contribution < -0.4 is 5.73 Å². The van der Waals surface area contributed by atoms with Crippen LogP contribution in [0.2, 0.25) is 0 Å². The second kappa shape index (κ2) is 6.54. The van der Waals surface area contributed by atoms with Gasteiger partial charge in [-0.2, -0.15) is 0 Å². The highest BCUT2D eigenvalue weighted by atomic mass is 16.2. The Hall–Kier alpha value is -2.14. The van der Waals surface area contributed by atoms with Gasteiger partial charge in [0.1, 0.15) is 0 Å². The number of carbonyl (C=O) groups excluding carboxylic acids is 1. The van der Waals surface area contributed by atoms with E-state index in [-0.39, 0.29) is 11.9 Å². The van der Waals surface area contributed by atoms with E-state index in [1.807, 2.05) is 43.0 Å². The maximum atomic E-state index is 12.8. The number of hydrogen-bond donors (Lipinski definition) is 1. The summed E-state index contributed by atoms with van der Waals surface area (Å²) >= 11 is 0. The Morgan fingerprint density at radius 3 is 2.70 bits per heavy atom. The van der Waals surface area contributed by atoms with Crippen LogP contribution in [0.5, 0.6) is 0 Å². The molecular formula is C18H24N4O. The van der Waals surface area contributed by atoms with Gasteiger partial charge in [0, 0.05) is 36.7 Å². The molecule has 2 aromatic rings. The predicted octanol–water partition coefficient (Wildman–Crippen LogP) is 2.11. The van der Waals surface area contributed by atoms with E-state index in [0.717, 1.165) is 48.6 Å². The third-order valence-electron chi connectivity index (χ3n) is 4.68. The predicted molar refractivity (Wildman–Crippen MR) is 90.4 cm³/mol. The topological polar surface area (TPSA) is 64.2 Å². The van der Waals surface area contributed by atoms with Crippen LogP contribution in [0, 0.1) is 13.8 Å². The van der Waals surface area contributed by atoms with E-state index in [1.165, 1.54) is 0 Å². The average molecular weight is 312 g/mol. The number of nitrogens with two attached hydrogens (primary N) is 1. The number of pyridine rings is 1. The summed E-state index contributed by atoms with van der Waals surface area (Å²) in [4.78, 5) is 19.1. The van der Waals surface area contributed by atoms with Crippen LogP contribution in [0.25, 0.3) is 0 Å². The molecule has 0 bridgehead atoms. The first-order chi connectivity index (χ1) is 11.1. The molecule has 0 spiro atoms. The standard InChI is InChI=1S/C18H24N4O/c1-13-11-17(18(23)21-9-6-15(19)7-10-21)14(2)22(13)12-16-5-3-4-8-20-16/h3-5,8,11,15H,6-7,9-10,12,19H2,1-2H3. The summed E-state index contributed by atoms with van der Waals surface area (Å²) in [7, 11) is 0. The number of hydrogen-bond acceptors (Lipinski definition) is 3. The van der Waals surface area contributed by atoms with Crippen molar-refractivity contribution < 1.29 is 4.79 Å². The van der Waals surface area contributed by atoms with Crippen LogP contribution >= 0.6 is 0 Å². The average Bonchev–Trinajstić information content (AvgIpc) is 2.84. The van der Waals surface area contributed by atoms with Gasteiger partial charge in [-0.25, -0.2) is 0 Å². The van der Waals surface area contributed by atoms with Crippen molar-refractivity contribution in [2.45, 2.75) is 39.3 Å². The fourth-order valence-corrected chi connectivity index (χ4v) is 3.19. The summed E-state index contributed by atoms with van der Waals surface area (Å²) in [6.45, 7) is 6.25. The number of rotatable bonds is 3. The summed E-state index contributed by atoms with van der Waals surface area (Å²) < 4.78 is 2.16. The summed E-state index contributed by atoms with van der Waals surface area (Å²) in [5.41, 5.74) is 9.82. The van der Waals surface area contributed by atoms with Gasteiger partial charge in [0.25, 0.3) is 5.91 Å². The molecule has 1 aliphatic rings. The van der Waals surface area contributed by atoms with E-state index in [4.69, 9.17) is 5.73 Å². The third kappa shape index (κ3) is 3.29. The minimum absolute atomic E-state index is 0.122. The highest BCUT2D eigenvalue weighted by Gasteiger charge is 2.24. The van der Waals surface area contributed by atoms with Gasteiger partial charge in [-0.05, 0) is 44.9 Å². The van der Waals surface area contributed by atoms with Crippen molar-refractivity contribution in [3.05, 3.63) is 53.1 Å². The van der Waals surface area contributed by atoms with Crippen LogP contribution in [0.3, 0.4) is 0 Å². The molecular weight excluding hydrogens is 288 g/mol. The minimum atomic E-state index is 0.122. The molecule has 0 atom stereocenters. The Morgan fingerprint density at radius 1 is 1.30 bits per heavy atom. The minimum Gasteiger partial charge on any atom is -0.342 e. The van der Waals surface area contributed by atoms with Gasteiger partial charge in [-0.3, -0.25) is 9.78 Å². The molecule has 0 saturated carbocycles. The summed E-state index contributed by atoms with van der Waals surface area (Å²) in [6, 6.07) is 8.13. The molecule has 1 amide bonds. The van der Waals surface area contributed by atoms with E-state index in [0.29, 0.717) is 6.54 Å².